The van der Waals surface area contributed by atoms with Crippen LogP contribution in [0.15, 0.2) is 60.7 Å². The van der Waals surface area contributed by atoms with E-state index in [9.17, 15) is 4.79 Å². The van der Waals surface area contributed by atoms with Crippen molar-refractivity contribution >= 4 is 16.7 Å². The molecule has 1 saturated carbocycles. The maximum atomic E-state index is 12.9. The summed E-state index contributed by atoms with van der Waals surface area (Å²) in [5.41, 5.74) is 4.59. The van der Waals surface area contributed by atoms with Crippen molar-refractivity contribution < 1.29 is 9.53 Å². The highest BCUT2D eigenvalue weighted by molar-refractivity contribution is 5.99. The summed E-state index contributed by atoms with van der Waals surface area (Å²) in [6, 6.07) is 22.0. The van der Waals surface area contributed by atoms with E-state index in [1.807, 2.05) is 11.0 Å². The molecule has 4 nitrogen and oxygen atoms in total. The molecule has 0 aromatic heterocycles. The molecule has 1 unspecified atom stereocenters. The summed E-state index contributed by atoms with van der Waals surface area (Å²) in [7, 11) is 0. The molecule has 3 aromatic carbocycles. The van der Waals surface area contributed by atoms with Gasteiger partial charge in [-0.1, -0.05) is 42.5 Å². The number of benzene rings is 3. The van der Waals surface area contributed by atoms with Crippen molar-refractivity contribution in [1.82, 2.24) is 9.80 Å². The number of carbonyl (C=O) groups excluding carboxylic acids is 1. The average Bonchev–Trinajstić information content (AvgIpc) is 3.47. The Kier molecular flexibility index (Phi) is 5.00. The third-order valence-electron chi connectivity index (χ3n) is 7.67. The highest BCUT2D eigenvalue weighted by Crippen LogP contribution is 2.45. The number of amides is 1. The van der Waals surface area contributed by atoms with Crippen LogP contribution in [0.1, 0.15) is 35.3 Å². The smallest absolute Gasteiger partial charge is 0.253 e. The average molecular weight is 427 g/mol. The van der Waals surface area contributed by atoms with E-state index < -0.39 is 0 Å². The second-order valence-electron chi connectivity index (χ2n) is 9.69. The second kappa shape index (κ2) is 8.02. The topological polar surface area (TPSA) is 32.8 Å². The summed E-state index contributed by atoms with van der Waals surface area (Å²) >= 11 is 0. The van der Waals surface area contributed by atoms with Crippen molar-refractivity contribution in [2.75, 3.05) is 39.4 Å². The third-order valence-corrected chi connectivity index (χ3v) is 7.67. The van der Waals surface area contributed by atoms with Crippen LogP contribution in [0.4, 0.5) is 0 Å². The van der Waals surface area contributed by atoms with Gasteiger partial charge in [0, 0.05) is 37.8 Å². The second-order valence-corrected chi connectivity index (χ2v) is 9.69. The number of rotatable bonds is 4. The Morgan fingerprint density at radius 3 is 2.28 bits per heavy atom. The molecular weight excluding hydrogens is 396 g/mol. The number of hydrogen-bond donors (Lipinski definition) is 0. The Balaban J connectivity index is 1.20. The van der Waals surface area contributed by atoms with E-state index in [2.05, 4.69) is 66.4 Å². The summed E-state index contributed by atoms with van der Waals surface area (Å²) in [6.45, 7) is 7.81. The SMILES string of the molecule is CC(c1ccc(-c2ccc3cc(C(=O)N4C[C@H]5C[C@H]5C4)ccc3c2)cc1)N1CCOCC1. The predicted molar refractivity (Wildman–Crippen MR) is 128 cm³/mol. The van der Waals surface area contributed by atoms with Crippen molar-refractivity contribution in [3.63, 3.8) is 0 Å². The Morgan fingerprint density at radius 2 is 1.53 bits per heavy atom. The first-order valence-electron chi connectivity index (χ1n) is 11.9. The van der Waals surface area contributed by atoms with Crippen LogP contribution in [0.3, 0.4) is 0 Å². The first kappa shape index (κ1) is 20.0. The number of morpholine rings is 1. The fourth-order valence-electron chi connectivity index (χ4n) is 5.43. The Labute approximate surface area is 189 Å². The van der Waals surface area contributed by atoms with Crippen molar-refractivity contribution in [2.24, 2.45) is 11.8 Å². The van der Waals surface area contributed by atoms with Crippen LogP contribution in [-0.2, 0) is 4.74 Å². The summed E-state index contributed by atoms with van der Waals surface area (Å²) in [5.74, 6) is 1.73. The number of likely N-dealkylation sites (tertiary alicyclic amines) is 1. The molecule has 6 rings (SSSR count). The Hall–Kier alpha value is -2.69. The van der Waals surface area contributed by atoms with Crippen LogP contribution in [-0.4, -0.2) is 55.1 Å². The van der Waals surface area contributed by atoms with E-state index in [0.29, 0.717) is 6.04 Å². The molecule has 0 bridgehead atoms. The van der Waals surface area contributed by atoms with Gasteiger partial charge in [-0.25, -0.2) is 0 Å². The van der Waals surface area contributed by atoms with E-state index in [0.717, 1.165) is 62.2 Å². The molecule has 2 aliphatic heterocycles. The minimum atomic E-state index is 0.188. The highest BCUT2D eigenvalue weighted by atomic mass is 16.5. The lowest BCUT2D eigenvalue weighted by Crippen LogP contribution is -2.37. The number of piperidine rings is 1. The standard InChI is InChI=1S/C28H30N2O2/c1-19(29-10-12-32-13-11-29)20-2-4-21(5-3-20)22-6-7-24-15-25(9-8-23(24)14-22)28(31)30-17-26-16-27(26)18-30/h2-9,14-15,19,26-27H,10-13,16-18H2,1H3/t19?,26-,27+. The molecule has 3 fully saturated rings. The van der Waals surface area contributed by atoms with E-state index in [-0.39, 0.29) is 5.91 Å². The number of hydrogen-bond acceptors (Lipinski definition) is 3. The maximum Gasteiger partial charge on any atom is 0.253 e. The number of nitrogens with zero attached hydrogens (tertiary/aromatic N) is 2. The van der Waals surface area contributed by atoms with Gasteiger partial charge in [-0.2, -0.15) is 0 Å². The lowest BCUT2D eigenvalue weighted by atomic mass is 9.97. The van der Waals surface area contributed by atoms with E-state index in [1.54, 1.807) is 0 Å². The monoisotopic (exact) mass is 426 g/mol. The van der Waals surface area contributed by atoms with Gasteiger partial charge < -0.3 is 9.64 Å². The van der Waals surface area contributed by atoms with Gasteiger partial charge in [0.05, 0.1) is 13.2 Å². The van der Waals surface area contributed by atoms with Crippen molar-refractivity contribution in [1.29, 1.82) is 0 Å². The maximum absolute atomic E-state index is 12.9. The van der Waals surface area contributed by atoms with E-state index >= 15 is 0 Å². The van der Waals surface area contributed by atoms with Gasteiger partial charge in [-0.15, -0.1) is 0 Å². The molecule has 0 radical (unpaired) electrons. The zero-order valence-electron chi connectivity index (χ0n) is 18.7. The number of carbonyl (C=O) groups is 1. The molecule has 0 N–H and O–H groups in total. The lowest BCUT2D eigenvalue weighted by molar-refractivity contribution is 0.0198. The minimum absolute atomic E-state index is 0.188. The molecule has 1 amide bonds. The van der Waals surface area contributed by atoms with Gasteiger partial charge >= 0.3 is 0 Å². The molecule has 32 heavy (non-hydrogen) atoms. The van der Waals surface area contributed by atoms with Crippen molar-refractivity contribution in [3.05, 3.63) is 71.8 Å². The third kappa shape index (κ3) is 3.72. The minimum Gasteiger partial charge on any atom is -0.379 e. The van der Waals surface area contributed by atoms with Gasteiger partial charge in [0.25, 0.3) is 5.91 Å². The van der Waals surface area contributed by atoms with Crippen molar-refractivity contribution in [3.8, 4) is 11.1 Å². The fraction of sp³-hybridized carbons (Fsp3) is 0.393. The van der Waals surface area contributed by atoms with Gasteiger partial charge in [0.1, 0.15) is 0 Å². The van der Waals surface area contributed by atoms with Crippen LogP contribution < -0.4 is 0 Å². The zero-order chi connectivity index (χ0) is 21.7. The summed E-state index contributed by atoms with van der Waals surface area (Å²) < 4.78 is 5.49. The fourth-order valence-corrected chi connectivity index (χ4v) is 5.43. The summed E-state index contributed by atoms with van der Waals surface area (Å²) in [6.07, 6.45) is 1.32. The van der Waals surface area contributed by atoms with Crippen LogP contribution in [0.5, 0.6) is 0 Å². The van der Waals surface area contributed by atoms with Gasteiger partial charge in [0.2, 0.25) is 0 Å². The normalized spacial score (nSPS) is 23.8. The number of ether oxygens (including phenoxy) is 1. The van der Waals surface area contributed by atoms with Crippen molar-refractivity contribution in [2.45, 2.75) is 19.4 Å². The molecule has 3 atom stereocenters. The Morgan fingerprint density at radius 1 is 0.875 bits per heavy atom. The molecule has 164 valence electrons. The van der Waals surface area contributed by atoms with Crippen LogP contribution in [0.25, 0.3) is 21.9 Å². The lowest BCUT2D eigenvalue weighted by Gasteiger charge is -2.32. The van der Waals surface area contributed by atoms with E-state index in [1.165, 1.54) is 28.5 Å². The highest BCUT2D eigenvalue weighted by Gasteiger charge is 2.46. The molecule has 0 spiro atoms. The first-order valence-corrected chi connectivity index (χ1v) is 11.9. The molecule has 3 aliphatic rings. The molecule has 2 saturated heterocycles. The molecule has 2 heterocycles. The van der Waals surface area contributed by atoms with E-state index in [4.69, 9.17) is 4.74 Å². The summed E-state index contributed by atoms with van der Waals surface area (Å²) in [5, 5.41) is 2.30. The van der Waals surface area contributed by atoms with Gasteiger partial charge in [0.15, 0.2) is 0 Å². The molecule has 4 heteroatoms. The molecule has 3 aromatic rings. The van der Waals surface area contributed by atoms with Crippen LogP contribution in [0, 0.1) is 11.8 Å². The zero-order valence-corrected chi connectivity index (χ0v) is 18.7. The molecule has 1 aliphatic carbocycles. The predicted octanol–water partition coefficient (Wildman–Crippen LogP) is 4.99. The summed E-state index contributed by atoms with van der Waals surface area (Å²) in [4.78, 5) is 17.4. The van der Waals surface area contributed by atoms with Gasteiger partial charge in [-0.05, 0) is 70.8 Å². The number of fused-ring (bicyclic) bond motifs is 2. The van der Waals surface area contributed by atoms with Crippen LogP contribution in [0.2, 0.25) is 0 Å². The Bertz CT molecular complexity index is 1140. The molecular formula is C28H30N2O2. The largest absolute Gasteiger partial charge is 0.379 e. The first-order chi connectivity index (χ1) is 15.7. The van der Waals surface area contributed by atoms with Crippen LogP contribution >= 0.6 is 0 Å². The quantitative estimate of drug-likeness (QED) is 0.589. The van der Waals surface area contributed by atoms with Gasteiger partial charge in [-0.3, -0.25) is 9.69 Å².